The van der Waals surface area contributed by atoms with Crippen LogP contribution in [0.5, 0.6) is 0 Å². The molecule has 7 nitrogen and oxygen atoms in total. The van der Waals surface area contributed by atoms with E-state index in [2.05, 4.69) is 58.5 Å². The number of hydrogen-bond donors (Lipinski definition) is 3. The highest BCUT2D eigenvalue weighted by Gasteiger charge is 2.34. The first-order valence-corrected chi connectivity index (χ1v) is 12.4. The molecule has 2 heterocycles. The van der Waals surface area contributed by atoms with Crippen molar-refractivity contribution in [2.24, 2.45) is 10.4 Å². The molecular weight excluding hydrogens is 529 g/mol. The number of nitrogens with one attached hydrogen (secondary N) is 2. The maximum absolute atomic E-state index is 9.41. The zero-order valence-electron chi connectivity index (χ0n) is 20.5. The van der Waals surface area contributed by atoms with E-state index in [-0.39, 0.29) is 36.0 Å². The number of aliphatic hydroxyl groups is 1. The molecule has 0 amide bonds. The van der Waals surface area contributed by atoms with Crippen LogP contribution >= 0.6 is 24.0 Å². The van der Waals surface area contributed by atoms with Crippen molar-refractivity contribution >= 4 is 35.6 Å². The van der Waals surface area contributed by atoms with Crippen molar-refractivity contribution in [1.29, 1.82) is 0 Å². The van der Waals surface area contributed by atoms with Gasteiger partial charge in [0.05, 0.1) is 13.2 Å². The Morgan fingerprint density at radius 2 is 2.00 bits per heavy atom. The normalized spacial score (nSPS) is 21.7. The number of aliphatic imine (C=N–C) groups is 1. The van der Waals surface area contributed by atoms with E-state index in [1.807, 2.05) is 0 Å². The molecule has 1 aromatic carbocycles. The molecule has 1 atom stereocenters. The molecule has 2 saturated heterocycles. The molecule has 0 spiro atoms. The summed E-state index contributed by atoms with van der Waals surface area (Å²) in [5.74, 6) is 0.878. The van der Waals surface area contributed by atoms with E-state index in [9.17, 15) is 5.11 Å². The highest BCUT2D eigenvalue weighted by Crippen LogP contribution is 2.32. The van der Waals surface area contributed by atoms with Gasteiger partial charge >= 0.3 is 0 Å². The minimum Gasteiger partial charge on any atom is -0.396 e. The Balaban J connectivity index is 0.00000385. The topological polar surface area (TPSA) is 72.4 Å². The number of anilines is 1. The fourth-order valence-corrected chi connectivity index (χ4v) is 4.60. The van der Waals surface area contributed by atoms with Gasteiger partial charge in [-0.3, -0.25) is 9.89 Å². The highest BCUT2D eigenvalue weighted by atomic mass is 127. The van der Waals surface area contributed by atoms with E-state index in [1.165, 1.54) is 17.7 Å². The lowest BCUT2D eigenvalue weighted by Gasteiger charge is -2.36. The van der Waals surface area contributed by atoms with Crippen molar-refractivity contribution in [3.05, 3.63) is 29.8 Å². The van der Waals surface area contributed by atoms with Crippen LogP contribution in [-0.4, -0.2) is 88.1 Å². The summed E-state index contributed by atoms with van der Waals surface area (Å²) in [6.07, 6.45) is 4.06. The lowest BCUT2D eigenvalue weighted by Crippen LogP contribution is -2.46. The van der Waals surface area contributed by atoms with Crippen LogP contribution in [-0.2, 0) is 4.74 Å². The lowest BCUT2D eigenvalue weighted by molar-refractivity contribution is 0.131. The van der Waals surface area contributed by atoms with Crippen LogP contribution in [0.2, 0.25) is 0 Å². The maximum Gasteiger partial charge on any atom is 0.191 e. The van der Waals surface area contributed by atoms with E-state index >= 15 is 0 Å². The second-order valence-electron chi connectivity index (χ2n) is 9.27. The molecule has 0 aliphatic carbocycles. The largest absolute Gasteiger partial charge is 0.396 e. The number of piperazine rings is 1. The Bertz CT molecular complexity index is 704. The third-order valence-corrected chi connectivity index (χ3v) is 6.68. The zero-order chi connectivity index (χ0) is 22.7. The number of benzene rings is 1. The summed E-state index contributed by atoms with van der Waals surface area (Å²) in [6, 6.07) is 8.83. The fourth-order valence-electron chi connectivity index (χ4n) is 4.60. The molecule has 8 heteroatoms. The average molecular weight is 574 g/mol. The molecule has 3 rings (SSSR count). The number of unbranched alkanes of at least 4 members (excludes halogenated alkanes) is 1. The molecule has 0 radical (unpaired) electrons. The standard InChI is InChI=1S/C25H43N5O2.HI/c1-3-26-24(28-20-25(9-17-31)10-18-32-21-25)27-11-4-5-12-29-13-15-30(16-14-29)23-8-6-7-22(2)19-23;/h6-8,19,31H,3-5,9-18,20-21H2,1-2H3,(H2,26,27,28);1H. The van der Waals surface area contributed by atoms with Gasteiger partial charge in [0, 0.05) is 63.6 Å². The van der Waals surface area contributed by atoms with Gasteiger partial charge in [0.1, 0.15) is 0 Å². The van der Waals surface area contributed by atoms with E-state index in [4.69, 9.17) is 9.73 Å². The van der Waals surface area contributed by atoms with Crippen molar-refractivity contribution in [3.63, 3.8) is 0 Å². The lowest BCUT2D eigenvalue weighted by atomic mass is 9.84. The van der Waals surface area contributed by atoms with Gasteiger partial charge in [-0.05, 0) is 63.8 Å². The van der Waals surface area contributed by atoms with Gasteiger partial charge in [-0.1, -0.05) is 12.1 Å². The van der Waals surface area contributed by atoms with Crippen molar-refractivity contribution in [1.82, 2.24) is 15.5 Å². The monoisotopic (exact) mass is 573 g/mol. The third-order valence-electron chi connectivity index (χ3n) is 6.68. The number of guanidine groups is 1. The quantitative estimate of drug-likeness (QED) is 0.164. The van der Waals surface area contributed by atoms with Crippen molar-refractivity contribution in [2.75, 3.05) is 77.1 Å². The number of hydrogen-bond acceptors (Lipinski definition) is 5. The molecule has 3 N–H and O–H groups in total. The fraction of sp³-hybridized carbons (Fsp3) is 0.720. The third kappa shape index (κ3) is 9.22. The van der Waals surface area contributed by atoms with Crippen LogP contribution in [0.15, 0.2) is 29.3 Å². The number of rotatable bonds is 11. The Morgan fingerprint density at radius 1 is 1.18 bits per heavy atom. The second-order valence-corrected chi connectivity index (χ2v) is 9.27. The van der Waals surface area contributed by atoms with Crippen LogP contribution in [0, 0.1) is 12.3 Å². The molecule has 0 aromatic heterocycles. The van der Waals surface area contributed by atoms with Gasteiger partial charge in [0.2, 0.25) is 0 Å². The van der Waals surface area contributed by atoms with Gasteiger partial charge in [-0.15, -0.1) is 24.0 Å². The number of aryl methyl sites for hydroxylation is 1. The summed E-state index contributed by atoms with van der Waals surface area (Å²) in [7, 11) is 0. The Morgan fingerprint density at radius 3 is 2.67 bits per heavy atom. The first kappa shape index (κ1) is 28.1. The minimum absolute atomic E-state index is 0. The van der Waals surface area contributed by atoms with E-state index < -0.39 is 0 Å². The summed E-state index contributed by atoms with van der Waals surface area (Å²) in [5, 5.41) is 16.2. The van der Waals surface area contributed by atoms with E-state index in [0.29, 0.717) is 13.2 Å². The van der Waals surface area contributed by atoms with Crippen LogP contribution < -0.4 is 15.5 Å². The molecule has 1 unspecified atom stereocenters. The highest BCUT2D eigenvalue weighted by molar-refractivity contribution is 14.0. The summed E-state index contributed by atoms with van der Waals surface area (Å²) in [4.78, 5) is 9.90. The Labute approximate surface area is 217 Å². The molecule has 1 aromatic rings. The molecule has 33 heavy (non-hydrogen) atoms. The van der Waals surface area contributed by atoms with Gasteiger partial charge in [0.15, 0.2) is 5.96 Å². The minimum atomic E-state index is -0.00229. The van der Waals surface area contributed by atoms with Gasteiger partial charge < -0.3 is 25.4 Å². The van der Waals surface area contributed by atoms with Crippen LogP contribution in [0.4, 0.5) is 5.69 Å². The number of ether oxygens (including phenoxy) is 1. The van der Waals surface area contributed by atoms with Crippen molar-refractivity contribution < 1.29 is 9.84 Å². The molecule has 188 valence electrons. The average Bonchev–Trinajstić information content (AvgIpc) is 3.26. The Hall–Kier alpha value is -1.10. The SMILES string of the molecule is CCNC(=NCC1(CCO)CCOC1)NCCCCN1CCN(c2cccc(C)c2)CC1.I. The maximum atomic E-state index is 9.41. The van der Waals surface area contributed by atoms with Crippen LogP contribution in [0.25, 0.3) is 0 Å². The number of halogens is 1. The first-order valence-electron chi connectivity index (χ1n) is 12.4. The van der Waals surface area contributed by atoms with Crippen LogP contribution in [0.3, 0.4) is 0 Å². The van der Waals surface area contributed by atoms with E-state index in [0.717, 1.165) is 77.6 Å². The first-order chi connectivity index (χ1) is 15.6. The predicted molar refractivity (Wildman–Crippen MR) is 148 cm³/mol. The Kier molecular flexibility index (Phi) is 12.8. The second kappa shape index (κ2) is 15.0. The predicted octanol–water partition coefficient (Wildman–Crippen LogP) is 2.86. The van der Waals surface area contributed by atoms with Crippen molar-refractivity contribution in [2.45, 2.75) is 39.5 Å². The number of aliphatic hydroxyl groups excluding tert-OH is 1. The summed E-state index contributed by atoms with van der Waals surface area (Å²) >= 11 is 0. The summed E-state index contributed by atoms with van der Waals surface area (Å²) < 4.78 is 5.58. The molecular formula is C25H44IN5O2. The van der Waals surface area contributed by atoms with Gasteiger partial charge in [0.25, 0.3) is 0 Å². The van der Waals surface area contributed by atoms with Crippen LogP contribution in [0.1, 0.15) is 38.2 Å². The molecule has 2 fully saturated rings. The van der Waals surface area contributed by atoms with Crippen molar-refractivity contribution in [3.8, 4) is 0 Å². The molecule has 2 aliphatic heterocycles. The molecule has 2 aliphatic rings. The summed E-state index contributed by atoms with van der Waals surface area (Å²) in [5.41, 5.74) is 2.68. The number of nitrogens with zero attached hydrogens (tertiary/aromatic N) is 3. The van der Waals surface area contributed by atoms with Gasteiger partial charge in [-0.2, -0.15) is 0 Å². The van der Waals surface area contributed by atoms with E-state index in [1.54, 1.807) is 0 Å². The van der Waals surface area contributed by atoms with Gasteiger partial charge in [-0.25, -0.2) is 0 Å². The molecule has 0 saturated carbocycles. The summed E-state index contributed by atoms with van der Waals surface area (Å²) in [6.45, 7) is 14.1. The zero-order valence-corrected chi connectivity index (χ0v) is 22.9. The molecule has 0 bridgehead atoms. The smallest absolute Gasteiger partial charge is 0.191 e.